The summed E-state index contributed by atoms with van der Waals surface area (Å²) >= 11 is -0.000000000000000111. The second-order valence-electron chi connectivity index (χ2n) is 1.54. The molecule has 0 unspecified atom stereocenters. The molecule has 57 valence electrons. The summed E-state index contributed by atoms with van der Waals surface area (Å²) in [6.07, 6.45) is -0.806. The molecule has 0 aliphatic rings. The summed E-state index contributed by atoms with van der Waals surface area (Å²) in [5.41, 5.74) is 0. The Morgan fingerprint density at radius 3 is 1.40 bits per heavy atom. The van der Waals surface area contributed by atoms with Gasteiger partial charge < -0.3 is 10.2 Å². The van der Waals surface area contributed by atoms with E-state index in [1.54, 1.807) is 0 Å². The normalized spacial score (nSPS) is 6.60. The maximum absolute atomic E-state index is 9.43. The van der Waals surface area contributed by atoms with Crippen LogP contribution in [0.2, 0.25) is 8.97 Å². The first-order chi connectivity index (χ1) is 4.54. The van der Waals surface area contributed by atoms with Crippen molar-refractivity contribution in [3.8, 4) is 0 Å². The van der Waals surface area contributed by atoms with E-state index < -0.39 is 18.4 Å². The Kier molecular flexibility index (Phi) is 11.1. The number of hydrogen-bond acceptors (Lipinski definition) is 2. The Morgan fingerprint density at radius 1 is 1.20 bits per heavy atom. The van der Waals surface area contributed by atoms with E-state index in [0.29, 0.717) is 0 Å². The van der Waals surface area contributed by atoms with Crippen molar-refractivity contribution >= 4 is 36.2 Å². The zero-order chi connectivity index (χ0) is 8.57. The van der Waals surface area contributed by atoms with Gasteiger partial charge in [-0.2, -0.15) is 0 Å². The third-order valence-electron chi connectivity index (χ3n) is 0.302. The molecular weight excluding hydrogens is 328 g/mol. The second kappa shape index (κ2) is 8.86. The zero-order valence-corrected chi connectivity index (χ0v) is 10.5. The molecular formula is C5H10O4Tl. The van der Waals surface area contributed by atoms with Crippen LogP contribution >= 0.6 is 0 Å². The van der Waals surface area contributed by atoms with E-state index >= 15 is 0 Å². The van der Waals surface area contributed by atoms with E-state index in [1.807, 2.05) is 0 Å². The number of aliphatic carboxylic acids is 2. The van der Waals surface area contributed by atoms with E-state index in [4.69, 9.17) is 10.2 Å². The molecule has 0 heterocycles. The van der Waals surface area contributed by atoms with E-state index in [0.717, 1.165) is 0 Å². The molecule has 10 heavy (non-hydrogen) atoms. The van der Waals surface area contributed by atoms with Gasteiger partial charge in [0.05, 0.1) is 0 Å². The van der Waals surface area contributed by atoms with Gasteiger partial charge in [-0.05, 0) is 0 Å². The molecule has 0 aliphatic carbocycles. The maximum atomic E-state index is 9.43. The summed E-state index contributed by atoms with van der Waals surface area (Å²) in [6, 6.07) is 0. The van der Waals surface area contributed by atoms with Crippen molar-refractivity contribution < 1.29 is 19.8 Å². The average Bonchev–Trinajstić information content (AvgIpc) is 1.62. The molecule has 0 aromatic heterocycles. The van der Waals surface area contributed by atoms with Crippen LogP contribution in [0.4, 0.5) is 0 Å². The molecule has 0 spiro atoms. The SMILES string of the molecule is O=C(O)CC(=O)O.[CH3][Tl][CH3]. The molecule has 0 atom stereocenters. The Balaban J connectivity index is 0. The van der Waals surface area contributed by atoms with Gasteiger partial charge in [-0.1, -0.05) is 0 Å². The van der Waals surface area contributed by atoms with Gasteiger partial charge in [-0.25, -0.2) is 0 Å². The molecule has 0 amide bonds. The molecule has 0 aliphatic heterocycles. The molecule has 0 bridgehead atoms. The number of carbonyl (C=O) groups is 2. The van der Waals surface area contributed by atoms with Crippen LogP contribution in [0.25, 0.3) is 0 Å². The van der Waals surface area contributed by atoms with Gasteiger partial charge in [-0.3, -0.25) is 9.59 Å². The molecule has 4 nitrogen and oxygen atoms in total. The van der Waals surface area contributed by atoms with Gasteiger partial charge in [0.25, 0.3) is 0 Å². The summed E-state index contributed by atoms with van der Waals surface area (Å²) in [7, 11) is 0. The molecule has 0 aromatic rings. The number of hydrogen-bond donors (Lipinski definition) is 2. The Labute approximate surface area is 71.5 Å². The molecule has 0 saturated carbocycles. The predicted molar refractivity (Wildman–Crippen MR) is 37.4 cm³/mol. The van der Waals surface area contributed by atoms with Gasteiger partial charge in [0.2, 0.25) is 0 Å². The monoisotopic (exact) mass is 339 g/mol. The molecule has 2 N–H and O–H groups in total. The summed E-state index contributed by atoms with van der Waals surface area (Å²) in [6.45, 7) is 0. The zero-order valence-electron chi connectivity index (χ0n) is 6.00. The molecule has 0 aromatic carbocycles. The van der Waals surface area contributed by atoms with E-state index in [-0.39, 0.29) is 24.2 Å². The van der Waals surface area contributed by atoms with Gasteiger partial charge in [0.15, 0.2) is 0 Å². The topological polar surface area (TPSA) is 74.6 Å². The van der Waals surface area contributed by atoms with Gasteiger partial charge in [0, 0.05) is 0 Å². The van der Waals surface area contributed by atoms with E-state index in [1.165, 1.54) is 0 Å². The van der Waals surface area contributed by atoms with Crippen LogP contribution in [0.5, 0.6) is 0 Å². The number of carboxylic acids is 2. The predicted octanol–water partition coefficient (Wildman–Crippen LogP) is 0.332. The third-order valence-corrected chi connectivity index (χ3v) is 0.302. The van der Waals surface area contributed by atoms with Crippen molar-refractivity contribution in [2.24, 2.45) is 0 Å². The fraction of sp³-hybridized carbons (Fsp3) is 0.600. The first-order valence-corrected chi connectivity index (χ1v) is 11.7. The van der Waals surface area contributed by atoms with Crippen LogP contribution in [0, 0.1) is 0 Å². The van der Waals surface area contributed by atoms with E-state index in [2.05, 4.69) is 8.97 Å². The average molecular weight is 339 g/mol. The third kappa shape index (κ3) is 24.8. The number of carboxylic acid groups (broad SMARTS) is 2. The van der Waals surface area contributed by atoms with Gasteiger partial charge in [0.1, 0.15) is 6.42 Å². The number of rotatable bonds is 2. The van der Waals surface area contributed by atoms with Crippen LogP contribution in [0.15, 0.2) is 0 Å². The standard InChI is InChI=1S/C3H4O4.2CH3.Tl/c4-2(5)1-3(6)7;;;/h1H2,(H,4,5)(H,6,7);2*1H3;. The summed E-state index contributed by atoms with van der Waals surface area (Å²) in [4.78, 5) is 18.9. The summed E-state index contributed by atoms with van der Waals surface area (Å²) in [5, 5.41) is 15.4. The molecule has 0 radical (unpaired) electrons. The first-order valence-electron chi connectivity index (χ1n) is 2.72. The van der Waals surface area contributed by atoms with Crippen molar-refractivity contribution in [2.75, 3.05) is 0 Å². The van der Waals surface area contributed by atoms with Crippen LogP contribution in [0.1, 0.15) is 6.42 Å². The Hall–Kier alpha value is -0.138. The molecule has 5 heteroatoms. The van der Waals surface area contributed by atoms with E-state index in [9.17, 15) is 9.59 Å². The van der Waals surface area contributed by atoms with Gasteiger partial charge in [-0.15, -0.1) is 0 Å². The van der Waals surface area contributed by atoms with Crippen molar-refractivity contribution in [2.45, 2.75) is 15.4 Å². The first kappa shape index (κ1) is 12.5. The van der Waals surface area contributed by atoms with Crippen molar-refractivity contribution in [1.82, 2.24) is 0 Å². The van der Waals surface area contributed by atoms with Gasteiger partial charge >= 0.3 is 45.1 Å². The minimum absolute atomic E-state index is 0.000000000000000111. The molecule has 0 saturated heterocycles. The fourth-order valence-corrected chi connectivity index (χ4v) is 0.129. The van der Waals surface area contributed by atoms with Crippen molar-refractivity contribution in [3.63, 3.8) is 0 Å². The van der Waals surface area contributed by atoms with Crippen LogP contribution < -0.4 is 0 Å². The summed E-state index contributed by atoms with van der Waals surface area (Å²) < 4.78 is 4.67. The summed E-state index contributed by atoms with van der Waals surface area (Å²) in [5.74, 6) is -2.62. The van der Waals surface area contributed by atoms with Crippen LogP contribution in [-0.4, -0.2) is 46.4 Å². The Bertz CT molecular complexity index is 100. The fourth-order valence-electron chi connectivity index (χ4n) is 0.129. The van der Waals surface area contributed by atoms with Crippen LogP contribution in [0.3, 0.4) is 0 Å². The van der Waals surface area contributed by atoms with Crippen molar-refractivity contribution in [1.29, 1.82) is 0 Å². The van der Waals surface area contributed by atoms with Crippen molar-refractivity contribution in [3.05, 3.63) is 0 Å². The molecule has 0 rings (SSSR count). The Morgan fingerprint density at radius 2 is 1.40 bits per heavy atom. The second-order valence-corrected chi connectivity index (χ2v) is 6.03. The molecule has 0 fully saturated rings. The minimum atomic E-state index is -1.31. The quantitative estimate of drug-likeness (QED) is 0.562. The van der Waals surface area contributed by atoms with Crippen LogP contribution in [-0.2, 0) is 9.59 Å².